The standard InChI is InChI=1S/C69H67F6N5O11/c1-40(2)63(87)89-30-29-78-64(88)80-58-34-47(20-28-62(58)86)65(3,68(70,71)72)44-17-25-59(83)41(31-44)35-77-36-48(81)38-90-50-21-13-42(14-22-50)67(54-11-7-5-9-52(54)53-10-6-8-12-55(53)67)43-15-23-51(24-16-43)91-39-49(82)37-79-57-33-46(19-27-61(57)85)66(4,69(73,74)75)45-18-26-60(84)56(76)32-45/h5-28,31-34,48-49,77,79,81-86H,1,29-30,35-39,76H2,2-4H3,(H2,78,80,88). The summed E-state index contributed by atoms with van der Waals surface area (Å²) in [5.41, 5.74) is 3.88. The summed E-state index contributed by atoms with van der Waals surface area (Å²) in [7, 11) is 0. The lowest BCUT2D eigenvalue weighted by Gasteiger charge is -2.34. The molecule has 0 bridgehead atoms. The van der Waals surface area contributed by atoms with Crippen LogP contribution in [0.2, 0.25) is 0 Å². The number of nitrogens with two attached hydrogens (primary N) is 1. The van der Waals surface area contributed by atoms with Gasteiger partial charge in [0.2, 0.25) is 0 Å². The van der Waals surface area contributed by atoms with Crippen LogP contribution in [0.15, 0.2) is 182 Å². The Morgan fingerprint density at radius 3 is 1.54 bits per heavy atom. The summed E-state index contributed by atoms with van der Waals surface area (Å²) in [6, 6.07) is 43.2. The van der Waals surface area contributed by atoms with Crippen LogP contribution in [-0.2, 0) is 32.3 Å². The van der Waals surface area contributed by atoms with Gasteiger partial charge in [-0.1, -0.05) is 104 Å². The first-order valence-corrected chi connectivity index (χ1v) is 28.7. The van der Waals surface area contributed by atoms with Crippen LogP contribution in [-0.4, -0.2) is 107 Å². The summed E-state index contributed by atoms with van der Waals surface area (Å²) in [6.07, 6.45) is -12.1. The van der Waals surface area contributed by atoms with Crippen molar-refractivity contribution in [2.24, 2.45) is 0 Å². The molecule has 0 aromatic heterocycles. The smallest absolute Gasteiger partial charge is 0.402 e. The number of halogens is 6. The number of aliphatic hydroxyl groups excluding tert-OH is 2. The molecule has 0 fully saturated rings. The van der Waals surface area contributed by atoms with Gasteiger partial charge < -0.3 is 71.9 Å². The molecule has 2 amide bonds. The van der Waals surface area contributed by atoms with E-state index in [-0.39, 0.29) is 114 Å². The SMILES string of the molecule is C=C(C)C(=O)OCCNC(=O)Nc1cc(C(C)(c2ccc(O)c(CNCC(O)COc3ccc(C4(c5ccc(OCC(O)CNc6cc(C(C)(c7ccc(O)c(N)c7)C(F)(F)F)ccc6O)cc5)c5ccccc5-c5ccccc54)cc3)c2)C(F)(F)F)ccc1O. The van der Waals surface area contributed by atoms with Crippen LogP contribution in [0.3, 0.4) is 0 Å². The van der Waals surface area contributed by atoms with Gasteiger partial charge >= 0.3 is 24.4 Å². The van der Waals surface area contributed by atoms with Gasteiger partial charge in [-0.2, -0.15) is 26.3 Å². The molecule has 16 nitrogen and oxygen atoms in total. The van der Waals surface area contributed by atoms with Crippen LogP contribution < -0.4 is 36.5 Å². The number of amides is 2. The zero-order valence-electron chi connectivity index (χ0n) is 49.5. The summed E-state index contributed by atoms with van der Waals surface area (Å²) < 4.78 is 107. The number of hydrogen-bond acceptors (Lipinski definition) is 14. The Balaban J connectivity index is 0.843. The van der Waals surface area contributed by atoms with E-state index in [0.717, 1.165) is 114 Å². The maximum Gasteiger partial charge on any atom is 0.402 e. The highest BCUT2D eigenvalue weighted by Gasteiger charge is 2.55. The molecule has 1 aliphatic rings. The number of anilines is 3. The first-order valence-electron chi connectivity index (χ1n) is 28.7. The third-order valence-corrected chi connectivity index (χ3v) is 16.4. The number of phenols is 4. The Morgan fingerprint density at radius 2 is 1.03 bits per heavy atom. The van der Waals surface area contributed by atoms with Crippen LogP contribution >= 0.6 is 0 Å². The molecule has 9 rings (SSSR count). The minimum Gasteiger partial charge on any atom is -0.508 e. The molecule has 8 aromatic carbocycles. The maximum atomic E-state index is 15.3. The molecule has 22 heteroatoms. The molecule has 4 unspecified atom stereocenters. The number of aromatic hydroxyl groups is 4. The fourth-order valence-corrected chi connectivity index (χ4v) is 11.2. The predicted molar refractivity (Wildman–Crippen MR) is 332 cm³/mol. The maximum absolute atomic E-state index is 15.3. The van der Waals surface area contributed by atoms with E-state index < -0.39 is 58.6 Å². The number of phenolic OH excluding ortho intramolecular Hbond substituents is 4. The molecular formula is C69H67F6N5O11. The molecule has 91 heavy (non-hydrogen) atoms. The number of benzene rings is 8. The van der Waals surface area contributed by atoms with Gasteiger partial charge in [0.15, 0.2) is 0 Å². The van der Waals surface area contributed by atoms with E-state index in [1.54, 1.807) is 24.3 Å². The molecule has 0 saturated carbocycles. The Kier molecular flexibility index (Phi) is 19.2. The first kappa shape index (κ1) is 65.5. The van der Waals surface area contributed by atoms with E-state index in [1.165, 1.54) is 13.0 Å². The second kappa shape index (κ2) is 26.7. The van der Waals surface area contributed by atoms with Gasteiger partial charge in [-0.15, -0.1) is 0 Å². The summed E-state index contributed by atoms with van der Waals surface area (Å²) in [5.74, 6) is -1.40. The van der Waals surface area contributed by atoms with Crippen LogP contribution in [0, 0.1) is 0 Å². The molecule has 4 atom stereocenters. The van der Waals surface area contributed by atoms with Gasteiger partial charge in [-0.05, 0) is 149 Å². The average molecular weight is 1260 g/mol. The quantitative estimate of drug-likeness (QED) is 0.00672. The molecule has 12 N–H and O–H groups in total. The zero-order valence-corrected chi connectivity index (χ0v) is 49.5. The molecule has 8 aromatic rings. The molecule has 476 valence electrons. The number of nitrogens with one attached hydrogen (secondary N) is 4. The highest BCUT2D eigenvalue weighted by molar-refractivity contribution is 5.91. The molecule has 0 spiro atoms. The molecule has 0 saturated heterocycles. The Morgan fingerprint density at radius 1 is 0.582 bits per heavy atom. The highest BCUT2D eigenvalue weighted by Crippen LogP contribution is 2.57. The lowest BCUT2D eigenvalue weighted by Crippen LogP contribution is -2.41. The largest absolute Gasteiger partial charge is 0.508 e. The average Bonchev–Trinajstić information content (AvgIpc) is 1.57. The number of rotatable bonds is 24. The van der Waals surface area contributed by atoms with Gasteiger partial charge in [-0.25, -0.2) is 9.59 Å². The van der Waals surface area contributed by atoms with Crippen LogP contribution in [0.5, 0.6) is 34.5 Å². The third kappa shape index (κ3) is 13.5. The topological polar surface area (TPSA) is 257 Å². The molecule has 0 aliphatic heterocycles. The van der Waals surface area contributed by atoms with E-state index in [9.17, 15) is 53.4 Å². The van der Waals surface area contributed by atoms with Gasteiger partial charge in [0, 0.05) is 30.8 Å². The highest BCUT2D eigenvalue weighted by atomic mass is 19.4. The zero-order chi connectivity index (χ0) is 65.6. The van der Waals surface area contributed by atoms with Crippen molar-refractivity contribution in [3.8, 4) is 45.6 Å². The van der Waals surface area contributed by atoms with Crippen molar-refractivity contribution < 1.29 is 80.8 Å². The number of fused-ring (bicyclic) bond motifs is 3. The Bertz CT molecular complexity index is 3910. The van der Waals surface area contributed by atoms with Crippen molar-refractivity contribution in [1.29, 1.82) is 0 Å². The molecule has 0 radical (unpaired) electrons. The van der Waals surface area contributed by atoms with Gasteiger partial charge in [0.05, 0.1) is 29.0 Å². The van der Waals surface area contributed by atoms with Gasteiger partial charge in [0.25, 0.3) is 0 Å². The summed E-state index contributed by atoms with van der Waals surface area (Å²) >= 11 is 0. The van der Waals surface area contributed by atoms with Crippen LogP contribution in [0.4, 0.5) is 48.2 Å². The number of esters is 1. The van der Waals surface area contributed by atoms with Crippen molar-refractivity contribution in [2.75, 3.05) is 55.8 Å². The number of urea groups is 1. The predicted octanol–water partition coefficient (Wildman–Crippen LogP) is 11.8. The number of ether oxygens (including phenoxy) is 3. The lowest BCUT2D eigenvalue weighted by molar-refractivity contribution is -0.173. The molecular weight excluding hydrogens is 1190 g/mol. The van der Waals surface area contributed by atoms with E-state index in [2.05, 4.69) is 52.1 Å². The fraction of sp³-hybridized carbons (Fsp3) is 0.246. The van der Waals surface area contributed by atoms with Crippen molar-refractivity contribution in [1.82, 2.24) is 10.6 Å². The van der Waals surface area contributed by atoms with Crippen molar-refractivity contribution in [3.63, 3.8) is 0 Å². The minimum absolute atomic E-state index is 0.0660. The second-order valence-corrected chi connectivity index (χ2v) is 22.5. The molecule has 1 aliphatic carbocycles. The lowest BCUT2D eigenvalue weighted by atomic mass is 9.68. The summed E-state index contributed by atoms with van der Waals surface area (Å²) in [4.78, 5) is 24.3. The van der Waals surface area contributed by atoms with Crippen LogP contribution in [0.1, 0.15) is 70.8 Å². The fourth-order valence-electron chi connectivity index (χ4n) is 11.2. The van der Waals surface area contributed by atoms with E-state index >= 15 is 13.2 Å². The van der Waals surface area contributed by atoms with Crippen molar-refractivity contribution in [3.05, 3.63) is 232 Å². The number of hydrogen-bond donors (Lipinski definition) is 11. The third-order valence-electron chi connectivity index (χ3n) is 16.4. The van der Waals surface area contributed by atoms with Crippen molar-refractivity contribution in [2.45, 2.75) is 68.1 Å². The van der Waals surface area contributed by atoms with E-state index in [1.807, 2.05) is 48.5 Å². The van der Waals surface area contributed by atoms with Gasteiger partial charge in [-0.3, -0.25) is 0 Å². The minimum atomic E-state index is -4.94. The Hall–Kier alpha value is -9.90. The van der Waals surface area contributed by atoms with Crippen molar-refractivity contribution >= 4 is 29.1 Å². The monoisotopic (exact) mass is 1260 g/mol. The molecule has 0 heterocycles. The van der Waals surface area contributed by atoms with E-state index in [4.69, 9.17) is 19.9 Å². The summed E-state index contributed by atoms with van der Waals surface area (Å²) in [5, 5.41) is 74.6. The summed E-state index contributed by atoms with van der Waals surface area (Å²) in [6.45, 7) is 5.54. The van der Waals surface area contributed by atoms with Crippen LogP contribution in [0.25, 0.3) is 11.1 Å². The number of aliphatic hydroxyl groups is 2. The van der Waals surface area contributed by atoms with Gasteiger partial charge in [0.1, 0.15) is 77.4 Å². The number of carbonyl (C=O) groups excluding carboxylic acids is 2. The number of nitrogen functional groups attached to an aromatic ring is 1. The second-order valence-electron chi connectivity index (χ2n) is 22.5. The Labute approximate surface area is 520 Å². The first-order chi connectivity index (χ1) is 43.2. The number of alkyl halides is 6. The number of carbonyl (C=O) groups is 2. The normalized spacial score (nSPS) is 14.5. The van der Waals surface area contributed by atoms with E-state index in [0.29, 0.717) is 11.5 Å².